The monoisotopic (exact) mass is 352 g/mol. The number of fused-ring (bicyclic) bond motifs is 6. The van der Waals surface area contributed by atoms with Gasteiger partial charge in [0, 0.05) is 12.0 Å². The topological polar surface area (TPSA) is 76.2 Å². The van der Waals surface area contributed by atoms with Crippen LogP contribution in [0.4, 0.5) is 5.82 Å². The van der Waals surface area contributed by atoms with Gasteiger partial charge in [-0.1, -0.05) is 25.0 Å². The zero-order valence-corrected chi connectivity index (χ0v) is 15.0. The molecule has 6 rings (SSSR count). The second-order valence-corrected chi connectivity index (χ2v) is 8.36. The van der Waals surface area contributed by atoms with Gasteiger partial charge in [0.1, 0.15) is 12.0 Å². The molecule has 2 aliphatic heterocycles. The van der Waals surface area contributed by atoms with Gasteiger partial charge in [0.05, 0.1) is 24.4 Å². The third kappa shape index (κ3) is 2.07. The van der Waals surface area contributed by atoms with E-state index in [1.807, 2.05) is 23.4 Å². The zero-order chi connectivity index (χ0) is 17.3. The molecule has 2 aliphatic carbocycles. The predicted molar refractivity (Wildman–Crippen MR) is 96.5 cm³/mol. The van der Waals surface area contributed by atoms with E-state index < -0.39 is 0 Å². The van der Waals surface area contributed by atoms with Gasteiger partial charge in [-0.3, -0.25) is 10.3 Å². The van der Waals surface area contributed by atoms with Crippen molar-refractivity contribution < 1.29 is 0 Å². The SMILES string of the molecule is CC1CC1Cc1cn(C2=NNC3C4CCCCC4n4cncc4N23)nn1. The molecule has 0 aromatic carbocycles. The van der Waals surface area contributed by atoms with Crippen LogP contribution in [-0.4, -0.2) is 36.7 Å². The van der Waals surface area contributed by atoms with Crippen LogP contribution in [0.1, 0.15) is 50.8 Å². The molecule has 2 fully saturated rings. The molecular formula is C18H24N8. The first-order chi connectivity index (χ1) is 12.8. The van der Waals surface area contributed by atoms with E-state index in [-0.39, 0.29) is 6.17 Å². The molecule has 5 atom stereocenters. The van der Waals surface area contributed by atoms with Crippen molar-refractivity contribution in [2.24, 2.45) is 22.9 Å². The van der Waals surface area contributed by atoms with E-state index >= 15 is 0 Å². The van der Waals surface area contributed by atoms with Crippen LogP contribution >= 0.6 is 0 Å². The van der Waals surface area contributed by atoms with Gasteiger partial charge in [-0.25, -0.2) is 4.98 Å². The molecule has 2 aromatic heterocycles. The molecule has 4 heterocycles. The normalized spacial score (nSPS) is 34.6. The molecule has 0 saturated heterocycles. The molecule has 1 N–H and O–H groups in total. The van der Waals surface area contributed by atoms with Crippen LogP contribution in [0, 0.1) is 17.8 Å². The molecule has 8 nitrogen and oxygen atoms in total. The van der Waals surface area contributed by atoms with Gasteiger partial charge in [0.25, 0.3) is 5.96 Å². The first kappa shape index (κ1) is 14.8. The Morgan fingerprint density at radius 2 is 2.15 bits per heavy atom. The summed E-state index contributed by atoms with van der Waals surface area (Å²) in [6, 6.07) is 0.521. The summed E-state index contributed by atoms with van der Waals surface area (Å²) in [5, 5.41) is 13.4. The Labute approximate surface area is 152 Å². The average molecular weight is 352 g/mol. The number of imidazole rings is 1. The second kappa shape index (κ2) is 5.31. The van der Waals surface area contributed by atoms with Crippen LogP contribution in [-0.2, 0) is 6.42 Å². The Morgan fingerprint density at radius 3 is 3.04 bits per heavy atom. The first-order valence-electron chi connectivity index (χ1n) is 9.85. The fourth-order valence-corrected chi connectivity index (χ4v) is 5.09. The molecule has 2 saturated carbocycles. The van der Waals surface area contributed by atoms with Gasteiger partial charge in [0.2, 0.25) is 0 Å². The molecule has 2 aromatic rings. The molecule has 0 radical (unpaired) electrons. The van der Waals surface area contributed by atoms with Crippen molar-refractivity contribution in [3.05, 3.63) is 24.4 Å². The first-order valence-corrected chi connectivity index (χ1v) is 9.85. The lowest BCUT2D eigenvalue weighted by Gasteiger charge is -2.45. The number of rotatable bonds is 2. The van der Waals surface area contributed by atoms with Crippen LogP contribution in [0.5, 0.6) is 0 Å². The second-order valence-electron chi connectivity index (χ2n) is 8.36. The Balaban J connectivity index is 1.34. The Bertz CT molecular complexity index is 866. The lowest BCUT2D eigenvalue weighted by atomic mass is 9.80. The summed E-state index contributed by atoms with van der Waals surface area (Å²) in [7, 11) is 0. The van der Waals surface area contributed by atoms with Gasteiger partial charge >= 0.3 is 0 Å². The third-order valence-corrected chi connectivity index (χ3v) is 6.72. The molecular weight excluding hydrogens is 328 g/mol. The van der Waals surface area contributed by atoms with Gasteiger partial charge in [-0.05, 0) is 37.5 Å². The maximum absolute atomic E-state index is 4.65. The van der Waals surface area contributed by atoms with Gasteiger partial charge in [0.15, 0.2) is 0 Å². The van der Waals surface area contributed by atoms with Crippen molar-refractivity contribution in [3.63, 3.8) is 0 Å². The van der Waals surface area contributed by atoms with Crippen molar-refractivity contribution >= 4 is 11.8 Å². The fraction of sp³-hybridized carbons (Fsp3) is 0.667. The smallest absolute Gasteiger partial charge is 0.252 e. The van der Waals surface area contributed by atoms with E-state index in [1.54, 1.807) is 0 Å². The molecule has 136 valence electrons. The van der Waals surface area contributed by atoms with E-state index in [0.29, 0.717) is 12.0 Å². The molecule has 26 heavy (non-hydrogen) atoms. The van der Waals surface area contributed by atoms with Crippen molar-refractivity contribution in [1.29, 1.82) is 0 Å². The minimum atomic E-state index is 0.190. The van der Waals surface area contributed by atoms with Crippen LogP contribution < -0.4 is 10.3 Å². The molecule has 5 unspecified atom stereocenters. The Kier molecular flexibility index (Phi) is 3.01. The summed E-state index contributed by atoms with van der Waals surface area (Å²) in [4.78, 5) is 6.70. The highest BCUT2D eigenvalue weighted by Gasteiger charge is 2.47. The molecule has 0 spiro atoms. The summed E-state index contributed by atoms with van der Waals surface area (Å²) in [5.41, 5.74) is 4.45. The van der Waals surface area contributed by atoms with E-state index in [1.165, 1.54) is 32.1 Å². The summed E-state index contributed by atoms with van der Waals surface area (Å²) in [6.45, 7) is 2.31. The van der Waals surface area contributed by atoms with Gasteiger partial charge < -0.3 is 4.57 Å². The highest BCUT2D eigenvalue weighted by atomic mass is 15.6. The molecule has 0 bridgehead atoms. The number of anilines is 1. The largest absolute Gasteiger partial charge is 0.314 e. The molecule has 0 amide bonds. The van der Waals surface area contributed by atoms with Crippen LogP contribution in [0.2, 0.25) is 0 Å². The number of aromatic nitrogens is 5. The lowest BCUT2D eigenvalue weighted by molar-refractivity contribution is 0.175. The minimum absolute atomic E-state index is 0.190. The fourth-order valence-electron chi connectivity index (χ4n) is 5.09. The number of hydrogen-bond acceptors (Lipinski definition) is 6. The highest BCUT2D eigenvalue weighted by Crippen LogP contribution is 2.45. The third-order valence-electron chi connectivity index (χ3n) is 6.72. The van der Waals surface area contributed by atoms with Crippen LogP contribution in [0.3, 0.4) is 0 Å². The zero-order valence-electron chi connectivity index (χ0n) is 15.0. The van der Waals surface area contributed by atoms with Crippen LogP contribution in [0.15, 0.2) is 23.8 Å². The standard InChI is InChI=1S/C18H24N8/c1-11-6-12(11)7-13-9-25(23-20-13)18-22-21-17-14-4-2-3-5-15(14)24-10-19-8-16(24)26(17)18/h8-12,14-15,17,21H,2-7H2,1H3. The van der Waals surface area contributed by atoms with Gasteiger partial charge in [-0.15, -0.1) is 10.2 Å². The van der Waals surface area contributed by atoms with E-state index in [0.717, 1.165) is 35.7 Å². The molecule has 4 aliphatic rings. The number of hydrazone groups is 1. The Morgan fingerprint density at radius 1 is 1.27 bits per heavy atom. The van der Waals surface area contributed by atoms with E-state index in [4.69, 9.17) is 0 Å². The summed E-state index contributed by atoms with van der Waals surface area (Å²) < 4.78 is 4.17. The van der Waals surface area contributed by atoms with Crippen molar-refractivity contribution in [3.8, 4) is 0 Å². The number of nitrogens with zero attached hydrogens (tertiary/aromatic N) is 7. The quantitative estimate of drug-likeness (QED) is 0.894. The highest BCUT2D eigenvalue weighted by molar-refractivity contribution is 5.98. The van der Waals surface area contributed by atoms with Crippen LogP contribution in [0.25, 0.3) is 0 Å². The van der Waals surface area contributed by atoms with Crippen molar-refractivity contribution in [2.75, 3.05) is 4.90 Å². The van der Waals surface area contributed by atoms with Crippen molar-refractivity contribution in [1.82, 2.24) is 30.0 Å². The van der Waals surface area contributed by atoms with E-state index in [2.05, 4.69) is 42.2 Å². The summed E-state index contributed by atoms with van der Waals surface area (Å²) in [6.07, 6.45) is 13.5. The average Bonchev–Trinajstić information content (AvgIpc) is 3.14. The minimum Gasteiger partial charge on any atom is -0.314 e. The van der Waals surface area contributed by atoms with E-state index in [9.17, 15) is 0 Å². The predicted octanol–water partition coefficient (Wildman–Crippen LogP) is 1.97. The maximum Gasteiger partial charge on any atom is 0.252 e. The lowest BCUT2D eigenvalue weighted by Crippen LogP contribution is -2.54. The summed E-state index contributed by atoms with van der Waals surface area (Å²) >= 11 is 0. The summed E-state index contributed by atoms with van der Waals surface area (Å²) in [5.74, 6) is 4.06. The van der Waals surface area contributed by atoms with Gasteiger partial charge in [-0.2, -0.15) is 4.68 Å². The maximum atomic E-state index is 4.65. The van der Waals surface area contributed by atoms with Crippen molar-refractivity contribution in [2.45, 2.75) is 57.7 Å². The number of nitrogens with one attached hydrogen (secondary N) is 1. The Hall–Kier alpha value is -2.38. The molecule has 8 heteroatoms. The number of hydrogen-bond donors (Lipinski definition) is 1.